The van der Waals surface area contributed by atoms with Crippen molar-refractivity contribution in [3.63, 3.8) is 0 Å². The molecular weight excluding hydrogens is 298 g/mol. The van der Waals surface area contributed by atoms with Crippen LogP contribution < -0.4 is 4.74 Å². The van der Waals surface area contributed by atoms with Gasteiger partial charge in [0.1, 0.15) is 11.3 Å². The van der Waals surface area contributed by atoms with Gasteiger partial charge in [-0.2, -0.15) is 0 Å². The van der Waals surface area contributed by atoms with Crippen molar-refractivity contribution in [1.82, 2.24) is 4.47 Å². The molecule has 0 unspecified atom stereocenters. The lowest BCUT2D eigenvalue weighted by molar-refractivity contribution is -0.108. The molecule has 1 N–H and O–H groups in total. The average Bonchev–Trinajstić information content (AvgIpc) is 2.48. The number of benzene rings is 1. The third-order valence-corrected chi connectivity index (χ3v) is 4.69. The number of aromatic carboxylic acids is 1. The van der Waals surface area contributed by atoms with Gasteiger partial charge < -0.3 is 9.84 Å². The molecule has 1 fully saturated rings. The van der Waals surface area contributed by atoms with Crippen LogP contribution in [0.2, 0.25) is 0 Å². The highest BCUT2D eigenvalue weighted by Crippen LogP contribution is 2.26. The van der Waals surface area contributed by atoms with Gasteiger partial charge in [0.25, 0.3) is 10.0 Å². The Morgan fingerprint density at radius 2 is 2.19 bits per heavy atom. The van der Waals surface area contributed by atoms with Crippen LogP contribution in [0, 0.1) is 0 Å². The average molecular weight is 315 g/mol. The van der Waals surface area contributed by atoms with E-state index in [9.17, 15) is 18.3 Å². The standard InChI is InChI=1S/C13H17NO6S/c1-2-19-12-6-5-10(9-11(12)13(15)16)21(17,18)14-7-3-4-8-20-14/h5-6,9H,2-4,7-8H2,1H3,(H,15,16). The molecule has 7 nitrogen and oxygen atoms in total. The van der Waals surface area contributed by atoms with Gasteiger partial charge in [0.2, 0.25) is 0 Å². The highest BCUT2D eigenvalue weighted by atomic mass is 32.2. The van der Waals surface area contributed by atoms with Crippen molar-refractivity contribution in [3.05, 3.63) is 23.8 Å². The topological polar surface area (TPSA) is 93.1 Å². The fraction of sp³-hybridized carbons (Fsp3) is 0.462. The fourth-order valence-electron chi connectivity index (χ4n) is 2.00. The number of sulfonamides is 1. The van der Waals surface area contributed by atoms with Crippen molar-refractivity contribution < 1.29 is 27.9 Å². The number of hydrogen-bond donors (Lipinski definition) is 1. The second kappa shape index (κ2) is 6.42. The Labute approximate surface area is 123 Å². The summed E-state index contributed by atoms with van der Waals surface area (Å²) < 4.78 is 30.9. The molecule has 1 aliphatic heterocycles. The first-order valence-corrected chi connectivity index (χ1v) is 8.06. The van der Waals surface area contributed by atoms with Crippen molar-refractivity contribution in [2.24, 2.45) is 0 Å². The number of carboxylic acids is 1. The van der Waals surface area contributed by atoms with E-state index in [0.717, 1.165) is 17.0 Å². The molecule has 0 spiro atoms. The quantitative estimate of drug-likeness (QED) is 0.885. The Bertz CT molecular complexity index is 622. The lowest BCUT2D eigenvalue weighted by Crippen LogP contribution is -2.35. The number of carboxylic acid groups (broad SMARTS) is 1. The number of hydroxylamine groups is 1. The molecule has 0 saturated carbocycles. The van der Waals surface area contributed by atoms with Crippen LogP contribution in [-0.2, 0) is 14.9 Å². The maximum Gasteiger partial charge on any atom is 0.339 e. The van der Waals surface area contributed by atoms with E-state index in [0.29, 0.717) is 19.6 Å². The first-order valence-electron chi connectivity index (χ1n) is 6.62. The maximum atomic E-state index is 12.4. The summed E-state index contributed by atoms with van der Waals surface area (Å²) in [6.45, 7) is 2.61. The second-order valence-electron chi connectivity index (χ2n) is 4.47. The minimum absolute atomic E-state index is 0.120. The lowest BCUT2D eigenvalue weighted by atomic mass is 10.2. The highest BCUT2D eigenvalue weighted by molar-refractivity contribution is 7.89. The van der Waals surface area contributed by atoms with Crippen LogP contribution in [0.1, 0.15) is 30.1 Å². The molecule has 1 saturated heterocycles. The molecule has 0 bridgehead atoms. The molecule has 1 aliphatic rings. The van der Waals surface area contributed by atoms with E-state index < -0.39 is 16.0 Å². The van der Waals surface area contributed by atoms with Crippen molar-refractivity contribution in [1.29, 1.82) is 0 Å². The van der Waals surface area contributed by atoms with Crippen LogP contribution in [-0.4, -0.2) is 43.7 Å². The van der Waals surface area contributed by atoms with Gasteiger partial charge >= 0.3 is 5.97 Å². The molecule has 116 valence electrons. The smallest absolute Gasteiger partial charge is 0.339 e. The third kappa shape index (κ3) is 3.34. The molecular formula is C13H17NO6S. The van der Waals surface area contributed by atoms with Crippen LogP contribution in [0.15, 0.2) is 23.1 Å². The van der Waals surface area contributed by atoms with Crippen LogP contribution in [0.4, 0.5) is 0 Å². The SMILES string of the molecule is CCOc1ccc(S(=O)(=O)N2CCCCO2)cc1C(=O)O. The molecule has 8 heteroatoms. The number of hydrogen-bond acceptors (Lipinski definition) is 5. The summed E-state index contributed by atoms with van der Waals surface area (Å²) in [5.74, 6) is -1.10. The molecule has 1 aromatic rings. The summed E-state index contributed by atoms with van der Waals surface area (Å²) in [6, 6.07) is 3.77. The number of ether oxygens (including phenoxy) is 1. The Hall–Kier alpha value is -1.64. The van der Waals surface area contributed by atoms with Crippen LogP contribution in [0.3, 0.4) is 0 Å². The van der Waals surface area contributed by atoms with Crippen LogP contribution >= 0.6 is 0 Å². The first kappa shape index (κ1) is 15.7. The van der Waals surface area contributed by atoms with E-state index >= 15 is 0 Å². The zero-order chi connectivity index (χ0) is 15.5. The monoisotopic (exact) mass is 315 g/mol. The predicted octanol–water partition coefficient (Wildman–Crippen LogP) is 1.50. The zero-order valence-corrected chi connectivity index (χ0v) is 12.4. The summed E-state index contributed by atoms with van der Waals surface area (Å²) in [5.41, 5.74) is -0.185. The molecule has 0 atom stereocenters. The van der Waals surface area contributed by atoms with Crippen molar-refractivity contribution in [2.75, 3.05) is 19.8 Å². The Morgan fingerprint density at radius 1 is 1.43 bits per heavy atom. The summed E-state index contributed by atoms with van der Waals surface area (Å²) in [7, 11) is -3.86. The minimum atomic E-state index is -3.86. The van der Waals surface area contributed by atoms with Gasteiger partial charge in [0.15, 0.2) is 0 Å². The Balaban J connectivity index is 2.39. The molecule has 0 aromatic heterocycles. The summed E-state index contributed by atoms with van der Waals surface area (Å²) >= 11 is 0. The largest absolute Gasteiger partial charge is 0.493 e. The molecule has 1 aromatic carbocycles. The van der Waals surface area contributed by atoms with Gasteiger partial charge in [0, 0.05) is 6.54 Å². The molecule has 0 radical (unpaired) electrons. The Morgan fingerprint density at radius 3 is 2.76 bits per heavy atom. The zero-order valence-electron chi connectivity index (χ0n) is 11.6. The van der Waals surface area contributed by atoms with E-state index in [1.54, 1.807) is 6.92 Å². The predicted molar refractivity (Wildman–Crippen MR) is 73.6 cm³/mol. The van der Waals surface area contributed by atoms with E-state index in [1.165, 1.54) is 12.1 Å². The van der Waals surface area contributed by atoms with Crippen LogP contribution in [0.5, 0.6) is 5.75 Å². The maximum absolute atomic E-state index is 12.4. The van der Waals surface area contributed by atoms with Gasteiger partial charge in [-0.05, 0) is 38.0 Å². The van der Waals surface area contributed by atoms with Crippen LogP contribution in [0.25, 0.3) is 0 Å². The highest BCUT2D eigenvalue weighted by Gasteiger charge is 2.29. The molecule has 2 rings (SSSR count). The van der Waals surface area contributed by atoms with Gasteiger partial charge in [-0.3, -0.25) is 4.84 Å². The van der Waals surface area contributed by atoms with Gasteiger partial charge in [0.05, 0.1) is 18.1 Å². The van der Waals surface area contributed by atoms with Gasteiger partial charge in [-0.1, -0.05) is 4.47 Å². The van der Waals surface area contributed by atoms with E-state index in [4.69, 9.17) is 9.57 Å². The van der Waals surface area contributed by atoms with E-state index in [-0.39, 0.29) is 22.8 Å². The minimum Gasteiger partial charge on any atom is -0.493 e. The van der Waals surface area contributed by atoms with Crippen molar-refractivity contribution in [2.45, 2.75) is 24.7 Å². The normalized spacial score (nSPS) is 16.6. The lowest BCUT2D eigenvalue weighted by Gasteiger charge is -2.25. The molecule has 0 amide bonds. The van der Waals surface area contributed by atoms with Crippen molar-refractivity contribution in [3.8, 4) is 5.75 Å². The van der Waals surface area contributed by atoms with Gasteiger partial charge in [-0.25, -0.2) is 13.2 Å². The number of carbonyl (C=O) groups is 1. The second-order valence-corrected chi connectivity index (χ2v) is 6.30. The Kier molecular flexibility index (Phi) is 4.81. The summed E-state index contributed by atoms with van der Waals surface area (Å²) in [5, 5.41) is 9.17. The number of rotatable bonds is 5. The summed E-state index contributed by atoms with van der Waals surface area (Å²) in [4.78, 5) is 16.3. The molecule has 21 heavy (non-hydrogen) atoms. The summed E-state index contributed by atoms with van der Waals surface area (Å²) in [6.07, 6.45) is 1.51. The number of nitrogens with zero attached hydrogens (tertiary/aromatic N) is 1. The third-order valence-electron chi connectivity index (χ3n) is 3.02. The van der Waals surface area contributed by atoms with E-state index in [1.807, 2.05) is 0 Å². The molecule has 0 aliphatic carbocycles. The van der Waals surface area contributed by atoms with Gasteiger partial charge in [-0.15, -0.1) is 0 Å². The van der Waals surface area contributed by atoms with Crippen molar-refractivity contribution >= 4 is 16.0 Å². The van der Waals surface area contributed by atoms with E-state index in [2.05, 4.69) is 0 Å². The molecule has 1 heterocycles. The first-order chi connectivity index (χ1) is 9.96. The fourth-order valence-corrected chi connectivity index (χ4v) is 3.32.